The third-order valence-corrected chi connectivity index (χ3v) is 12.4. The molecule has 0 radical (unpaired) electrons. The molecule has 68 heavy (non-hydrogen) atoms. The lowest BCUT2D eigenvalue weighted by Crippen LogP contribution is -1.99. The average molecular weight is 868 g/mol. The van der Waals surface area contributed by atoms with Crippen LogP contribution in [0, 0.1) is 0 Å². The van der Waals surface area contributed by atoms with Crippen molar-refractivity contribution in [1.82, 2.24) is 24.9 Å². The molecule has 5 heteroatoms. The Labute approximate surface area is 394 Å². The summed E-state index contributed by atoms with van der Waals surface area (Å²) in [5, 5.41) is 4.67. The van der Waals surface area contributed by atoms with Crippen LogP contribution in [0.15, 0.2) is 249 Å². The Bertz CT molecular complexity index is 3420. The first-order valence-corrected chi connectivity index (χ1v) is 22.8. The van der Waals surface area contributed by atoms with Crippen LogP contribution >= 0.6 is 0 Å². The monoisotopic (exact) mass is 867 g/mol. The maximum Gasteiger partial charge on any atom is 0.160 e. The Kier molecular flexibility index (Phi) is 10.5. The van der Waals surface area contributed by atoms with Gasteiger partial charge in [-0.25, -0.2) is 24.9 Å². The van der Waals surface area contributed by atoms with E-state index in [2.05, 4.69) is 176 Å². The van der Waals surface area contributed by atoms with Gasteiger partial charge < -0.3 is 0 Å². The van der Waals surface area contributed by atoms with E-state index in [1.165, 1.54) is 10.8 Å². The second-order valence-electron chi connectivity index (χ2n) is 16.9. The quantitative estimate of drug-likeness (QED) is 0.145. The first-order chi connectivity index (χ1) is 33.6. The van der Waals surface area contributed by atoms with Gasteiger partial charge in [0.25, 0.3) is 0 Å². The molecular weight excluding hydrogens is 827 g/mol. The maximum absolute atomic E-state index is 5.41. The predicted molar refractivity (Wildman–Crippen MR) is 279 cm³/mol. The molecule has 0 N–H and O–H groups in total. The highest BCUT2D eigenvalue weighted by Crippen LogP contribution is 2.38. The van der Waals surface area contributed by atoms with E-state index >= 15 is 0 Å². The summed E-state index contributed by atoms with van der Waals surface area (Å²) >= 11 is 0. The van der Waals surface area contributed by atoms with Crippen LogP contribution in [0.4, 0.5) is 0 Å². The number of aromatic nitrogens is 5. The molecule has 9 aromatic carbocycles. The van der Waals surface area contributed by atoms with Crippen LogP contribution in [0.1, 0.15) is 0 Å². The van der Waals surface area contributed by atoms with Crippen molar-refractivity contribution >= 4 is 21.5 Å². The van der Waals surface area contributed by atoms with Crippen molar-refractivity contribution in [3.63, 3.8) is 0 Å². The highest BCUT2D eigenvalue weighted by atomic mass is 14.9. The van der Waals surface area contributed by atoms with Crippen LogP contribution in [-0.4, -0.2) is 24.9 Å². The largest absolute Gasteiger partial charge is 0.248 e. The molecule has 0 aliphatic carbocycles. The van der Waals surface area contributed by atoms with Crippen molar-refractivity contribution < 1.29 is 0 Å². The van der Waals surface area contributed by atoms with E-state index in [1.807, 2.05) is 72.8 Å². The number of benzene rings is 9. The molecule has 0 spiro atoms. The van der Waals surface area contributed by atoms with E-state index in [0.717, 1.165) is 101 Å². The molecule has 3 aromatic heterocycles. The van der Waals surface area contributed by atoms with E-state index in [-0.39, 0.29) is 0 Å². The molecule has 12 aromatic rings. The standard InChI is InChI=1S/C63H41N5/c1-5-19-44(20-6-1)58-40-59(45-21-7-2-8-22-45)66-62(65-58)54-35-52(36-55(37-54)63-67-60(46-23-9-3-10-24-46)41-61(68-63)47-25-11-4-12-26-47)53-38-56(50-31-29-42-17-13-15-27-48(42)33-50)64-57(39-53)51-32-30-43-18-14-16-28-49(43)34-51/h1-41H. The van der Waals surface area contributed by atoms with Crippen molar-refractivity contribution in [2.24, 2.45) is 0 Å². The third-order valence-electron chi connectivity index (χ3n) is 12.4. The summed E-state index contributed by atoms with van der Waals surface area (Å²) in [5.74, 6) is 1.18. The van der Waals surface area contributed by atoms with E-state index in [9.17, 15) is 0 Å². The van der Waals surface area contributed by atoms with Crippen molar-refractivity contribution in [1.29, 1.82) is 0 Å². The molecule has 12 rings (SSSR count). The van der Waals surface area contributed by atoms with Gasteiger partial charge in [0.1, 0.15) is 0 Å². The Hall–Kier alpha value is -9.19. The fraction of sp³-hybridized carbons (Fsp3) is 0. The highest BCUT2D eigenvalue weighted by Gasteiger charge is 2.18. The van der Waals surface area contributed by atoms with Gasteiger partial charge in [-0.1, -0.05) is 194 Å². The maximum atomic E-state index is 5.41. The minimum atomic E-state index is 0.592. The van der Waals surface area contributed by atoms with Gasteiger partial charge in [0.15, 0.2) is 11.6 Å². The van der Waals surface area contributed by atoms with E-state index in [0.29, 0.717) is 11.6 Å². The second kappa shape index (κ2) is 17.7. The van der Waals surface area contributed by atoms with Crippen molar-refractivity contribution in [3.8, 4) is 101 Å². The molecule has 0 bridgehead atoms. The summed E-state index contributed by atoms with van der Waals surface area (Å²) in [7, 11) is 0. The Morgan fingerprint density at radius 2 is 0.456 bits per heavy atom. The zero-order chi connectivity index (χ0) is 45.2. The van der Waals surface area contributed by atoms with Crippen LogP contribution in [-0.2, 0) is 0 Å². The van der Waals surface area contributed by atoms with Gasteiger partial charge in [-0.05, 0) is 87.3 Å². The van der Waals surface area contributed by atoms with Gasteiger partial charge in [-0.15, -0.1) is 0 Å². The lowest BCUT2D eigenvalue weighted by molar-refractivity contribution is 1.17. The fourth-order valence-electron chi connectivity index (χ4n) is 8.92. The third kappa shape index (κ3) is 8.21. The highest BCUT2D eigenvalue weighted by molar-refractivity contribution is 5.91. The first kappa shape index (κ1) is 40.3. The van der Waals surface area contributed by atoms with Crippen LogP contribution in [0.3, 0.4) is 0 Å². The molecule has 0 amide bonds. The number of hydrogen-bond acceptors (Lipinski definition) is 5. The normalized spacial score (nSPS) is 11.2. The van der Waals surface area contributed by atoms with Crippen molar-refractivity contribution in [2.75, 3.05) is 0 Å². The molecule has 0 aliphatic heterocycles. The van der Waals surface area contributed by atoms with Gasteiger partial charge in [0.2, 0.25) is 0 Å². The van der Waals surface area contributed by atoms with Crippen LogP contribution < -0.4 is 0 Å². The molecule has 5 nitrogen and oxygen atoms in total. The van der Waals surface area contributed by atoms with Gasteiger partial charge in [-0.3, -0.25) is 0 Å². The smallest absolute Gasteiger partial charge is 0.160 e. The minimum Gasteiger partial charge on any atom is -0.248 e. The number of pyridine rings is 1. The zero-order valence-electron chi connectivity index (χ0n) is 36.9. The Balaban J connectivity index is 1.12. The van der Waals surface area contributed by atoms with Crippen molar-refractivity contribution in [3.05, 3.63) is 249 Å². The fourth-order valence-corrected chi connectivity index (χ4v) is 8.92. The molecule has 0 aliphatic rings. The Morgan fingerprint density at radius 1 is 0.162 bits per heavy atom. The molecule has 0 unspecified atom stereocenters. The Morgan fingerprint density at radius 3 is 0.824 bits per heavy atom. The molecule has 0 saturated heterocycles. The number of rotatable bonds is 9. The summed E-state index contributed by atoms with van der Waals surface area (Å²) in [6, 6.07) is 86.4. The topological polar surface area (TPSA) is 64.5 Å². The van der Waals surface area contributed by atoms with E-state index in [4.69, 9.17) is 24.9 Å². The van der Waals surface area contributed by atoms with Crippen LogP contribution in [0.25, 0.3) is 123 Å². The SMILES string of the molecule is c1ccc(-c2cc(-c3ccccc3)nc(-c3cc(-c4cc(-c5ccc6ccccc6c5)nc(-c5ccc6ccccc6c5)c4)cc(-c4nc(-c5ccccc5)cc(-c5ccccc5)n4)c3)n2)cc1. The molecular formula is C63H41N5. The van der Waals surface area contributed by atoms with Gasteiger partial charge >= 0.3 is 0 Å². The van der Waals surface area contributed by atoms with E-state index < -0.39 is 0 Å². The zero-order valence-corrected chi connectivity index (χ0v) is 36.9. The average Bonchev–Trinajstić information content (AvgIpc) is 3.43. The first-order valence-electron chi connectivity index (χ1n) is 22.8. The van der Waals surface area contributed by atoms with Gasteiger partial charge in [-0.2, -0.15) is 0 Å². The van der Waals surface area contributed by atoms with Crippen LogP contribution in [0.2, 0.25) is 0 Å². The summed E-state index contributed by atoms with van der Waals surface area (Å²) in [6.45, 7) is 0. The summed E-state index contributed by atoms with van der Waals surface area (Å²) in [6.07, 6.45) is 0. The molecule has 0 fully saturated rings. The summed E-state index contributed by atoms with van der Waals surface area (Å²) in [4.78, 5) is 26.7. The van der Waals surface area contributed by atoms with Gasteiger partial charge in [0.05, 0.1) is 34.2 Å². The molecule has 0 saturated carbocycles. The predicted octanol–water partition coefficient (Wildman–Crippen LogP) is 16.0. The van der Waals surface area contributed by atoms with E-state index in [1.54, 1.807) is 0 Å². The molecule has 318 valence electrons. The summed E-state index contributed by atoms with van der Waals surface area (Å²) < 4.78 is 0. The van der Waals surface area contributed by atoms with Gasteiger partial charge in [0, 0.05) is 44.5 Å². The second-order valence-corrected chi connectivity index (χ2v) is 16.9. The number of fused-ring (bicyclic) bond motifs is 2. The summed E-state index contributed by atoms with van der Waals surface area (Å²) in [5.41, 5.74) is 14.7. The number of nitrogens with zero attached hydrogens (tertiary/aromatic N) is 5. The minimum absolute atomic E-state index is 0.592. The molecule has 3 heterocycles. The number of hydrogen-bond donors (Lipinski definition) is 0. The molecule has 0 atom stereocenters. The lowest BCUT2D eigenvalue weighted by atomic mass is 9.95. The van der Waals surface area contributed by atoms with Crippen LogP contribution in [0.5, 0.6) is 0 Å². The van der Waals surface area contributed by atoms with Crippen molar-refractivity contribution in [2.45, 2.75) is 0 Å². The lowest BCUT2D eigenvalue weighted by Gasteiger charge is -2.15.